The van der Waals surface area contributed by atoms with E-state index in [2.05, 4.69) is 48.3 Å². The quantitative estimate of drug-likeness (QED) is 0.355. The Labute approximate surface area is 183 Å². The highest BCUT2D eigenvalue weighted by atomic mass is 16.5. The average Bonchev–Trinajstić information content (AvgIpc) is 2.78. The lowest BCUT2D eigenvalue weighted by atomic mass is 9.96. The molecule has 1 aliphatic heterocycles. The second kappa shape index (κ2) is 10.5. The van der Waals surface area contributed by atoms with Crippen molar-refractivity contribution in [1.29, 1.82) is 0 Å². The van der Waals surface area contributed by atoms with Gasteiger partial charge in [0, 0.05) is 38.4 Å². The number of nitrogens with one attached hydrogen (secondary N) is 1. The third-order valence-electron chi connectivity index (χ3n) is 5.90. The fourth-order valence-electron chi connectivity index (χ4n) is 4.26. The molecular weight excluding hydrogens is 394 g/mol. The lowest BCUT2D eigenvalue weighted by Gasteiger charge is -2.34. The molecule has 0 aromatic heterocycles. The fraction of sp³-hybridized carbons (Fsp3) is 0.542. The van der Waals surface area contributed by atoms with Crippen LogP contribution in [0.4, 0.5) is 17.1 Å². The van der Waals surface area contributed by atoms with Gasteiger partial charge in [0.1, 0.15) is 11.4 Å². The summed E-state index contributed by atoms with van der Waals surface area (Å²) >= 11 is 0. The summed E-state index contributed by atoms with van der Waals surface area (Å²) in [5.74, 6) is -0.477. The molecule has 0 bridgehead atoms. The Bertz CT molecular complexity index is 964. The summed E-state index contributed by atoms with van der Waals surface area (Å²) in [6.07, 6.45) is 2.38. The van der Waals surface area contributed by atoms with Crippen LogP contribution in [0.2, 0.25) is 0 Å². The Morgan fingerprint density at radius 2 is 2.06 bits per heavy atom. The summed E-state index contributed by atoms with van der Waals surface area (Å²) in [5.41, 5.74) is 2.33. The summed E-state index contributed by atoms with van der Waals surface area (Å²) in [6.45, 7) is 9.80. The molecule has 0 spiro atoms. The number of carbonyl (C=O) groups is 1. The van der Waals surface area contributed by atoms with Gasteiger partial charge in [-0.25, -0.2) is 0 Å². The molecule has 1 saturated heterocycles. The van der Waals surface area contributed by atoms with E-state index in [0.29, 0.717) is 37.6 Å². The largest absolute Gasteiger partial charge is 0.466 e. The number of esters is 1. The predicted molar refractivity (Wildman–Crippen MR) is 125 cm³/mol. The van der Waals surface area contributed by atoms with E-state index in [1.807, 2.05) is 4.90 Å². The Morgan fingerprint density at radius 1 is 1.26 bits per heavy atom. The fourth-order valence-corrected chi connectivity index (χ4v) is 4.26. The Balaban J connectivity index is 1.57. The maximum absolute atomic E-state index is 12.3. The zero-order valence-electron chi connectivity index (χ0n) is 18.8. The van der Waals surface area contributed by atoms with Crippen LogP contribution >= 0.6 is 0 Å². The minimum atomic E-state index is -0.459. The first kappa shape index (κ1) is 22.8. The molecule has 1 atom stereocenters. The van der Waals surface area contributed by atoms with Crippen molar-refractivity contribution < 1.29 is 9.53 Å². The minimum Gasteiger partial charge on any atom is -0.466 e. The van der Waals surface area contributed by atoms with Gasteiger partial charge in [0.2, 0.25) is 0 Å². The van der Waals surface area contributed by atoms with Crippen LogP contribution in [0.3, 0.4) is 0 Å². The normalized spacial score (nSPS) is 16.4. The zero-order chi connectivity index (χ0) is 22.4. The summed E-state index contributed by atoms with van der Waals surface area (Å²) in [7, 11) is 0. The second-order valence-electron chi connectivity index (χ2n) is 8.12. The monoisotopic (exact) mass is 427 g/mol. The van der Waals surface area contributed by atoms with Crippen LogP contribution in [0.15, 0.2) is 33.9 Å². The van der Waals surface area contributed by atoms with Gasteiger partial charge in [-0.2, -0.15) is 0 Å². The Kier molecular flexibility index (Phi) is 7.71. The second-order valence-corrected chi connectivity index (χ2v) is 8.12. The SMILES string of the molecule is CCOC(=O)C1CCCN(c2c(NCCCN(CC)c3cccc(C)c3)c(=O)c2=O)C1. The van der Waals surface area contributed by atoms with Crippen LogP contribution < -0.4 is 26.0 Å². The van der Waals surface area contributed by atoms with Gasteiger partial charge in [-0.15, -0.1) is 0 Å². The van der Waals surface area contributed by atoms with Gasteiger partial charge in [0.25, 0.3) is 10.9 Å². The predicted octanol–water partition coefficient (Wildman–Crippen LogP) is 2.70. The first-order chi connectivity index (χ1) is 15.0. The number of ether oxygens (including phenoxy) is 1. The number of hydrogen-bond acceptors (Lipinski definition) is 7. The summed E-state index contributed by atoms with van der Waals surface area (Å²) < 4.78 is 5.14. The molecule has 1 fully saturated rings. The summed E-state index contributed by atoms with van der Waals surface area (Å²) in [5, 5.41) is 3.18. The standard InChI is InChI=1S/C24H33N3O4/c1-4-26(19-11-6-9-17(3)15-19)14-8-12-25-20-21(23(29)22(20)28)27-13-7-10-18(16-27)24(30)31-5-2/h6,9,11,15,18,25H,4-5,7-8,10,12-14,16H2,1-3H3. The van der Waals surface area contributed by atoms with E-state index in [1.165, 1.54) is 11.3 Å². The lowest BCUT2D eigenvalue weighted by molar-refractivity contribution is -0.148. The zero-order valence-corrected chi connectivity index (χ0v) is 18.8. The Hall–Kier alpha value is -2.83. The van der Waals surface area contributed by atoms with Crippen molar-refractivity contribution >= 4 is 23.0 Å². The van der Waals surface area contributed by atoms with Crippen LogP contribution in [0.5, 0.6) is 0 Å². The van der Waals surface area contributed by atoms with Gasteiger partial charge in [0.05, 0.1) is 12.5 Å². The first-order valence-corrected chi connectivity index (χ1v) is 11.3. The molecule has 7 heteroatoms. The minimum absolute atomic E-state index is 0.226. The van der Waals surface area contributed by atoms with Gasteiger partial charge in [-0.3, -0.25) is 14.4 Å². The molecule has 1 unspecified atom stereocenters. The summed E-state index contributed by atoms with van der Waals surface area (Å²) in [6, 6.07) is 8.42. The molecule has 0 amide bonds. The number of rotatable bonds is 10. The van der Waals surface area contributed by atoms with Gasteiger partial charge < -0.3 is 19.9 Å². The molecule has 1 heterocycles. The van der Waals surface area contributed by atoms with Crippen LogP contribution in [0, 0.1) is 12.8 Å². The number of benzene rings is 1. The maximum Gasteiger partial charge on any atom is 0.310 e. The molecule has 0 saturated carbocycles. The van der Waals surface area contributed by atoms with E-state index in [9.17, 15) is 14.4 Å². The number of nitrogens with zero attached hydrogens (tertiary/aromatic N) is 2. The number of aryl methyl sites for hydroxylation is 1. The first-order valence-electron chi connectivity index (χ1n) is 11.3. The molecular formula is C24H33N3O4. The summed E-state index contributed by atoms with van der Waals surface area (Å²) in [4.78, 5) is 40.7. The Morgan fingerprint density at radius 3 is 2.77 bits per heavy atom. The molecule has 7 nitrogen and oxygen atoms in total. The maximum atomic E-state index is 12.3. The molecule has 0 aliphatic carbocycles. The number of hydrogen-bond donors (Lipinski definition) is 1. The van der Waals surface area contributed by atoms with Gasteiger partial charge in [-0.1, -0.05) is 12.1 Å². The molecule has 3 rings (SSSR count). The van der Waals surface area contributed by atoms with Crippen molar-refractivity contribution in [3.63, 3.8) is 0 Å². The lowest BCUT2D eigenvalue weighted by Crippen LogP contribution is -2.47. The van der Waals surface area contributed by atoms with Crippen molar-refractivity contribution in [2.45, 2.75) is 40.0 Å². The van der Waals surface area contributed by atoms with Gasteiger partial charge in [0.15, 0.2) is 0 Å². The smallest absolute Gasteiger partial charge is 0.310 e. The van der Waals surface area contributed by atoms with E-state index in [-0.39, 0.29) is 11.9 Å². The van der Waals surface area contributed by atoms with Crippen molar-refractivity contribution in [3.8, 4) is 0 Å². The van der Waals surface area contributed by atoms with E-state index in [0.717, 1.165) is 32.4 Å². The number of anilines is 3. The molecule has 168 valence electrons. The highest BCUT2D eigenvalue weighted by Crippen LogP contribution is 2.27. The van der Waals surface area contributed by atoms with E-state index in [4.69, 9.17) is 4.74 Å². The van der Waals surface area contributed by atoms with Crippen molar-refractivity contribution in [3.05, 3.63) is 50.3 Å². The molecule has 0 radical (unpaired) electrons. The third-order valence-corrected chi connectivity index (χ3v) is 5.90. The van der Waals surface area contributed by atoms with Crippen LogP contribution in [0.1, 0.15) is 38.7 Å². The highest BCUT2D eigenvalue weighted by Gasteiger charge is 2.32. The van der Waals surface area contributed by atoms with Crippen LogP contribution in [-0.4, -0.2) is 45.3 Å². The molecule has 1 aliphatic rings. The van der Waals surface area contributed by atoms with Crippen molar-refractivity contribution in [1.82, 2.24) is 0 Å². The highest BCUT2D eigenvalue weighted by molar-refractivity contribution is 5.78. The van der Waals surface area contributed by atoms with E-state index >= 15 is 0 Å². The van der Waals surface area contributed by atoms with Crippen molar-refractivity contribution in [2.24, 2.45) is 5.92 Å². The topological polar surface area (TPSA) is 79.0 Å². The molecule has 2 aromatic carbocycles. The number of carbonyl (C=O) groups excluding carboxylic acids is 1. The molecule has 31 heavy (non-hydrogen) atoms. The van der Waals surface area contributed by atoms with Crippen molar-refractivity contribution in [2.75, 3.05) is 54.4 Å². The van der Waals surface area contributed by atoms with Crippen LogP contribution in [-0.2, 0) is 9.53 Å². The van der Waals surface area contributed by atoms with E-state index < -0.39 is 10.9 Å². The number of piperidine rings is 1. The molecule has 2 aromatic rings. The van der Waals surface area contributed by atoms with Gasteiger partial charge in [-0.05, 0) is 57.7 Å². The van der Waals surface area contributed by atoms with Crippen LogP contribution in [0.25, 0.3) is 0 Å². The van der Waals surface area contributed by atoms with Gasteiger partial charge >= 0.3 is 5.97 Å². The third kappa shape index (κ3) is 5.27. The average molecular weight is 428 g/mol. The van der Waals surface area contributed by atoms with E-state index in [1.54, 1.807) is 6.92 Å². The molecule has 1 N–H and O–H groups in total.